The standard InChI is InChI=1S/C6H7BNOP/c7-5-1-2-6(4-10-9)8-3-5/h1-3,9-10H,4H2. The molecule has 0 fully saturated rings. The molecule has 1 atom stereocenters. The lowest BCUT2D eigenvalue weighted by Gasteiger charge is -1.95. The van der Waals surface area contributed by atoms with Gasteiger partial charge in [0.05, 0.1) is 0 Å². The average molecular weight is 151 g/mol. The molecular weight excluding hydrogens is 144 g/mol. The van der Waals surface area contributed by atoms with Crippen LogP contribution in [0, 0.1) is 0 Å². The molecule has 1 heterocycles. The summed E-state index contributed by atoms with van der Waals surface area (Å²) in [4.78, 5) is 12.5. The van der Waals surface area contributed by atoms with Gasteiger partial charge in [0.25, 0.3) is 0 Å². The first-order chi connectivity index (χ1) is 4.83. The topological polar surface area (TPSA) is 33.1 Å². The first-order valence-electron chi connectivity index (χ1n) is 2.90. The van der Waals surface area contributed by atoms with Gasteiger partial charge >= 0.3 is 0 Å². The van der Waals surface area contributed by atoms with Crippen LogP contribution >= 0.6 is 8.81 Å². The van der Waals surface area contributed by atoms with E-state index in [0.717, 1.165) is 5.69 Å². The number of nitrogens with zero attached hydrogens (tertiary/aromatic N) is 1. The summed E-state index contributed by atoms with van der Waals surface area (Å²) >= 11 is 0. The number of rotatable bonds is 2. The smallest absolute Gasteiger partial charge is 0.115 e. The number of aromatic nitrogens is 1. The summed E-state index contributed by atoms with van der Waals surface area (Å²) in [6, 6.07) is 3.60. The van der Waals surface area contributed by atoms with E-state index in [2.05, 4.69) is 4.98 Å². The van der Waals surface area contributed by atoms with Gasteiger partial charge in [0.2, 0.25) is 0 Å². The van der Waals surface area contributed by atoms with E-state index in [1.807, 2.05) is 6.07 Å². The Labute approximate surface area is 63.0 Å². The van der Waals surface area contributed by atoms with Gasteiger partial charge in [0, 0.05) is 26.9 Å². The van der Waals surface area contributed by atoms with E-state index in [4.69, 9.17) is 12.7 Å². The molecule has 1 N–H and O–H groups in total. The third kappa shape index (κ3) is 2.09. The Kier molecular flexibility index (Phi) is 2.85. The molecule has 4 heteroatoms. The molecule has 0 aliphatic heterocycles. The zero-order valence-corrected chi connectivity index (χ0v) is 6.41. The molecule has 0 bridgehead atoms. The van der Waals surface area contributed by atoms with Crippen molar-refractivity contribution in [1.29, 1.82) is 0 Å². The normalized spacial score (nSPS) is 10.9. The Morgan fingerprint density at radius 3 is 2.90 bits per heavy atom. The van der Waals surface area contributed by atoms with E-state index in [-0.39, 0.29) is 8.81 Å². The highest BCUT2D eigenvalue weighted by Gasteiger charge is 1.90. The minimum atomic E-state index is -0.0713. The quantitative estimate of drug-likeness (QED) is 0.475. The molecule has 1 rings (SSSR count). The van der Waals surface area contributed by atoms with E-state index in [0.29, 0.717) is 11.6 Å². The van der Waals surface area contributed by atoms with Crippen molar-refractivity contribution in [3.05, 3.63) is 24.0 Å². The fourth-order valence-corrected chi connectivity index (χ4v) is 0.993. The van der Waals surface area contributed by atoms with Gasteiger partial charge in [-0.3, -0.25) is 4.98 Å². The summed E-state index contributed by atoms with van der Waals surface area (Å²) in [6.07, 6.45) is 2.22. The minimum absolute atomic E-state index is 0.0713. The summed E-state index contributed by atoms with van der Waals surface area (Å²) in [5, 5.41) is 0. The van der Waals surface area contributed by atoms with Gasteiger partial charge < -0.3 is 4.89 Å². The molecule has 0 spiro atoms. The number of pyridine rings is 1. The number of hydrogen-bond donors (Lipinski definition) is 1. The molecule has 2 nitrogen and oxygen atoms in total. The molecule has 50 valence electrons. The van der Waals surface area contributed by atoms with E-state index in [1.165, 1.54) is 0 Å². The lowest BCUT2D eigenvalue weighted by Crippen LogP contribution is -2.02. The summed E-state index contributed by atoms with van der Waals surface area (Å²) in [6.45, 7) is 0. The van der Waals surface area contributed by atoms with Gasteiger partial charge in [-0.25, -0.2) is 0 Å². The molecule has 0 saturated heterocycles. The summed E-state index contributed by atoms with van der Waals surface area (Å²) in [5.74, 6) is 0. The second kappa shape index (κ2) is 3.70. The van der Waals surface area contributed by atoms with Crippen molar-refractivity contribution >= 4 is 22.1 Å². The van der Waals surface area contributed by atoms with Crippen LogP contribution in [0.25, 0.3) is 0 Å². The van der Waals surface area contributed by atoms with Crippen molar-refractivity contribution in [2.75, 3.05) is 0 Å². The van der Waals surface area contributed by atoms with Crippen LogP contribution in [0.1, 0.15) is 5.69 Å². The molecule has 2 radical (unpaired) electrons. The predicted octanol–water partition coefficient (Wildman–Crippen LogP) is -0.0388. The molecule has 0 aromatic carbocycles. The third-order valence-electron chi connectivity index (χ3n) is 1.11. The van der Waals surface area contributed by atoms with E-state index in [1.54, 1.807) is 12.3 Å². The van der Waals surface area contributed by atoms with Gasteiger partial charge in [-0.2, -0.15) is 0 Å². The van der Waals surface area contributed by atoms with Gasteiger partial charge in [-0.1, -0.05) is 11.5 Å². The fourth-order valence-electron chi connectivity index (χ4n) is 0.621. The summed E-state index contributed by atoms with van der Waals surface area (Å²) in [5.41, 5.74) is 1.54. The SMILES string of the molecule is [B]c1ccc(CPO)nc1. The van der Waals surface area contributed by atoms with Crippen LogP contribution in [0.3, 0.4) is 0 Å². The molecule has 0 aliphatic carbocycles. The minimum Gasteiger partial charge on any atom is -0.377 e. The maximum absolute atomic E-state index is 8.55. The second-order valence-corrected chi connectivity index (χ2v) is 2.59. The van der Waals surface area contributed by atoms with Crippen molar-refractivity contribution in [2.24, 2.45) is 0 Å². The van der Waals surface area contributed by atoms with Gasteiger partial charge in [-0.05, 0) is 6.07 Å². The molecule has 1 aromatic heterocycles. The lowest BCUT2D eigenvalue weighted by molar-refractivity contribution is 0.644. The van der Waals surface area contributed by atoms with Crippen LogP contribution < -0.4 is 5.46 Å². The van der Waals surface area contributed by atoms with E-state index >= 15 is 0 Å². The van der Waals surface area contributed by atoms with E-state index in [9.17, 15) is 0 Å². The first kappa shape index (κ1) is 7.71. The van der Waals surface area contributed by atoms with Gasteiger partial charge in [0.15, 0.2) is 0 Å². The zero-order valence-electron chi connectivity index (χ0n) is 5.41. The van der Waals surface area contributed by atoms with Crippen molar-refractivity contribution < 1.29 is 4.89 Å². The van der Waals surface area contributed by atoms with Crippen molar-refractivity contribution in [2.45, 2.75) is 6.16 Å². The number of hydrogen-bond acceptors (Lipinski definition) is 2. The highest BCUT2D eigenvalue weighted by Crippen LogP contribution is 2.09. The lowest BCUT2D eigenvalue weighted by atomic mass is 9.99. The van der Waals surface area contributed by atoms with Crippen LogP contribution in [-0.4, -0.2) is 17.7 Å². The predicted molar refractivity (Wildman–Crippen MR) is 43.9 cm³/mol. The van der Waals surface area contributed by atoms with Crippen LogP contribution in [-0.2, 0) is 6.16 Å². The molecule has 0 aliphatic rings. The largest absolute Gasteiger partial charge is 0.377 e. The highest BCUT2D eigenvalue weighted by atomic mass is 31.1. The Morgan fingerprint density at radius 2 is 2.40 bits per heavy atom. The Morgan fingerprint density at radius 1 is 1.60 bits per heavy atom. The Hall–Kier alpha value is -0.395. The maximum Gasteiger partial charge on any atom is 0.115 e. The molecule has 0 saturated carbocycles. The van der Waals surface area contributed by atoms with Gasteiger partial charge in [-0.15, -0.1) is 0 Å². The second-order valence-electron chi connectivity index (χ2n) is 1.92. The van der Waals surface area contributed by atoms with Crippen LogP contribution in [0.15, 0.2) is 18.3 Å². The summed E-state index contributed by atoms with van der Waals surface area (Å²) in [7, 11) is 5.33. The van der Waals surface area contributed by atoms with Crippen molar-refractivity contribution in [3.63, 3.8) is 0 Å². The summed E-state index contributed by atoms with van der Waals surface area (Å²) < 4.78 is 0. The zero-order chi connectivity index (χ0) is 7.40. The fraction of sp³-hybridized carbons (Fsp3) is 0.167. The highest BCUT2D eigenvalue weighted by molar-refractivity contribution is 7.30. The average Bonchev–Trinajstić information content (AvgIpc) is 1.95. The Balaban J connectivity index is 2.69. The van der Waals surface area contributed by atoms with E-state index < -0.39 is 0 Å². The van der Waals surface area contributed by atoms with Crippen molar-refractivity contribution in [1.82, 2.24) is 4.98 Å². The first-order valence-corrected chi connectivity index (χ1v) is 4.05. The van der Waals surface area contributed by atoms with Crippen LogP contribution in [0.2, 0.25) is 0 Å². The molecule has 10 heavy (non-hydrogen) atoms. The van der Waals surface area contributed by atoms with Crippen molar-refractivity contribution in [3.8, 4) is 0 Å². The monoisotopic (exact) mass is 151 g/mol. The van der Waals surface area contributed by atoms with Crippen LogP contribution in [0.4, 0.5) is 0 Å². The van der Waals surface area contributed by atoms with Gasteiger partial charge in [0.1, 0.15) is 7.85 Å². The molecule has 1 aromatic rings. The molecule has 0 amide bonds. The molecular formula is C6H7BNOP. The molecule has 1 unspecified atom stereocenters. The maximum atomic E-state index is 8.55. The Bertz CT molecular complexity index is 201. The van der Waals surface area contributed by atoms with Crippen LogP contribution in [0.5, 0.6) is 0 Å². The third-order valence-corrected chi connectivity index (χ3v) is 1.63.